The van der Waals surface area contributed by atoms with Gasteiger partial charge in [0.25, 0.3) is 10.0 Å². The van der Waals surface area contributed by atoms with Gasteiger partial charge in [-0.3, -0.25) is 9.52 Å². The minimum Gasteiger partial charge on any atom is -0.316 e. The van der Waals surface area contributed by atoms with E-state index in [9.17, 15) is 17.6 Å². The maximum Gasteiger partial charge on any atom is 0.262 e. The summed E-state index contributed by atoms with van der Waals surface area (Å²) in [5.41, 5.74) is 0.668. The standard InChI is InChI=1S/C14H15FN2O3S/c1-9-6-11(15)7-10(2)14(9)21(19,20)16-12-4-5-13(18)17(3)8-12/h4-8,16H,1-3H3. The van der Waals surface area contributed by atoms with Gasteiger partial charge in [0.1, 0.15) is 5.82 Å². The molecule has 21 heavy (non-hydrogen) atoms. The topological polar surface area (TPSA) is 68.2 Å². The van der Waals surface area contributed by atoms with Crippen molar-refractivity contribution in [2.45, 2.75) is 18.7 Å². The van der Waals surface area contributed by atoms with Gasteiger partial charge >= 0.3 is 0 Å². The van der Waals surface area contributed by atoms with Crippen LogP contribution in [0.15, 0.2) is 40.2 Å². The Balaban J connectivity index is 2.48. The van der Waals surface area contributed by atoms with Crippen LogP contribution in [-0.2, 0) is 17.1 Å². The average Bonchev–Trinajstić information content (AvgIpc) is 2.31. The van der Waals surface area contributed by atoms with Crippen molar-refractivity contribution in [2.75, 3.05) is 4.72 Å². The minimum absolute atomic E-state index is 0.0396. The summed E-state index contributed by atoms with van der Waals surface area (Å²) in [7, 11) is -2.33. The minimum atomic E-state index is -3.85. The van der Waals surface area contributed by atoms with Gasteiger partial charge in [0, 0.05) is 19.3 Å². The van der Waals surface area contributed by atoms with Gasteiger partial charge in [-0.25, -0.2) is 12.8 Å². The molecule has 0 aliphatic carbocycles. The monoisotopic (exact) mass is 310 g/mol. The lowest BCUT2D eigenvalue weighted by molar-refractivity contribution is 0.597. The zero-order valence-corrected chi connectivity index (χ0v) is 12.7. The van der Waals surface area contributed by atoms with E-state index in [0.29, 0.717) is 11.1 Å². The smallest absolute Gasteiger partial charge is 0.262 e. The van der Waals surface area contributed by atoms with E-state index in [0.717, 1.165) is 0 Å². The lowest BCUT2D eigenvalue weighted by atomic mass is 10.1. The second-order valence-electron chi connectivity index (χ2n) is 4.84. The van der Waals surface area contributed by atoms with Crippen molar-refractivity contribution in [2.24, 2.45) is 7.05 Å². The first-order valence-electron chi connectivity index (χ1n) is 6.17. The van der Waals surface area contributed by atoms with Crippen LogP contribution in [0.25, 0.3) is 0 Å². The molecule has 0 spiro atoms. The lowest BCUT2D eigenvalue weighted by Gasteiger charge is -2.13. The molecular formula is C14H15FN2O3S. The molecule has 0 unspecified atom stereocenters. The Labute approximate surface area is 122 Å². The van der Waals surface area contributed by atoms with E-state index in [1.54, 1.807) is 0 Å². The van der Waals surface area contributed by atoms with E-state index >= 15 is 0 Å². The van der Waals surface area contributed by atoms with Crippen molar-refractivity contribution < 1.29 is 12.8 Å². The fraction of sp³-hybridized carbons (Fsp3) is 0.214. The molecule has 0 fully saturated rings. The number of halogens is 1. The predicted octanol–water partition coefficient (Wildman–Crippen LogP) is 1.94. The van der Waals surface area contributed by atoms with Crippen LogP contribution in [0.5, 0.6) is 0 Å². The number of aryl methyl sites for hydroxylation is 3. The molecule has 0 saturated carbocycles. The molecule has 1 aromatic carbocycles. The molecule has 0 bridgehead atoms. The van der Waals surface area contributed by atoms with Crippen molar-refractivity contribution in [1.29, 1.82) is 0 Å². The Morgan fingerprint density at radius 1 is 1.14 bits per heavy atom. The van der Waals surface area contributed by atoms with Crippen LogP contribution in [0, 0.1) is 19.7 Å². The Morgan fingerprint density at radius 3 is 2.24 bits per heavy atom. The van der Waals surface area contributed by atoms with E-state index in [1.165, 1.54) is 55.9 Å². The second-order valence-corrected chi connectivity index (χ2v) is 6.46. The molecule has 1 aromatic heterocycles. The zero-order chi connectivity index (χ0) is 15.8. The van der Waals surface area contributed by atoms with Gasteiger partial charge in [-0.1, -0.05) is 0 Å². The number of rotatable bonds is 3. The van der Waals surface area contributed by atoms with Gasteiger partial charge in [-0.2, -0.15) is 0 Å². The second kappa shape index (κ2) is 5.33. The number of sulfonamides is 1. The molecule has 0 radical (unpaired) electrons. The third-order valence-corrected chi connectivity index (χ3v) is 4.72. The summed E-state index contributed by atoms with van der Waals surface area (Å²) < 4.78 is 41.8. The van der Waals surface area contributed by atoms with Crippen LogP contribution < -0.4 is 10.3 Å². The summed E-state index contributed by atoms with van der Waals surface area (Å²) in [6, 6.07) is 4.99. The van der Waals surface area contributed by atoms with Gasteiger partial charge in [-0.15, -0.1) is 0 Å². The predicted molar refractivity (Wildman–Crippen MR) is 78.4 cm³/mol. The van der Waals surface area contributed by atoms with Crippen LogP contribution in [0.4, 0.5) is 10.1 Å². The van der Waals surface area contributed by atoms with E-state index in [4.69, 9.17) is 0 Å². The number of aromatic nitrogens is 1. The van der Waals surface area contributed by atoms with Gasteiger partial charge < -0.3 is 4.57 Å². The van der Waals surface area contributed by atoms with E-state index in [2.05, 4.69) is 4.72 Å². The van der Waals surface area contributed by atoms with Gasteiger partial charge in [-0.05, 0) is 43.2 Å². The summed E-state index contributed by atoms with van der Waals surface area (Å²) in [6.45, 7) is 3.07. The molecule has 7 heteroatoms. The Kier molecular flexibility index (Phi) is 3.87. The molecule has 2 rings (SSSR count). The first kappa shape index (κ1) is 15.2. The number of anilines is 1. The van der Waals surface area contributed by atoms with Crippen molar-refractivity contribution in [1.82, 2.24) is 4.57 Å². The quantitative estimate of drug-likeness (QED) is 0.942. The lowest BCUT2D eigenvalue weighted by Crippen LogP contribution is -2.19. The summed E-state index contributed by atoms with van der Waals surface area (Å²) in [5, 5.41) is 0. The normalized spacial score (nSPS) is 11.4. The van der Waals surface area contributed by atoms with E-state index in [-0.39, 0.29) is 16.1 Å². The maximum absolute atomic E-state index is 13.3. The SMILES string of the molecule is Cc1cc(F)cc(C)c1S(=O)(=O)Nc1ccc(=O)n(C)c1. The van der Waals surface area contributed by atoms with Crippen LogP contribution >= 0.6 is 0 Å². The largest absolute Gasteiger partial charge is 0.316 e. The molecule has 1 N–H and O–H groups in total. The summed E-state index contributed by atoms with van der Waals surface area (Å²) in [4.78, 5) is 11.3. The van der Waals surface area contributed by atoms with Crippen molar-refractivity contribution >= 4 is 15.7 Å². The molecule has 0 atom stereocenters. The van der Waals surface area contributed by atoms with Gasteiger partial charge in [0.15, 0.2) is 0 Å². The Morgan fingerprint density at radius 2 is 1.71 bits per heavy atom. The van der Waals surface area contributed by atoms with E-state index in [1.807, 2.05) is 0 Å². The number of pyridine rings is 1. The van der Waals surface area contributed by atoms with Crippen molar-refractivity contribution in [3.05, 3.63) is 57.8 Å². The molecule has 1 heterocycles. The van der Waals surface area contributed by atoms with Crippen LogP contribution in [0.3, 0.4) is 0 Å². The summed E-state index contributed by atoms with van der Waals surface area (Å²) in [6.07, 6.45) is 1.38. The van der Waals surface area contributed by atoms with Crippen LogP contribution in [-0.4, -0.2) is 13.0 Å². The van der Waals surface area contributed by atoms with E-state index < -0.39 is 15.8 Å². The highest BCUT2D eigenvalue weighted by Gasteiger charge is 2.20. The highest BCUT2D eigenvalue weighted by Crippen LogP contribution is 2.23. The molecule has 0 aliphatic rings. The van der Waals surface area contributed by atoms with Crippen LogP contribution in [0.1, 0.15) is 11.1 Å². The Hall–Kier alpha value is -2.15. The molecule has 112 valence electrons. The highest BCUT2D eigenvalue weighted by molar-refractivity contribution is 7.92. The molecule has 5 nitrogen and oxygen atoms in total. The first-order valence-corrected chi connectivity index (χ1v) is 7.65. The zero-order valence-electron chi connectivity index (χ0n) is 11.8. The molecule has 0 aliphatic heterocycles. The number of benzene rings is 1. The molecule has 2 aromatic rings. The van der Waals surface area contributed by atoms with Crippen molar-refractivity contribution in [3.8, 4) is 0 Å². The fourth-order valence-corrected chi connectivity index (χ4v) is 3.68. The number of hydrogen-bond donors (Lipinski definition) is 1. The molecular weight excluding hydrogens is 295 g/mol. The first-order chi connectivity index (χ1) is 9.70. The maximum atomic E-state index is 13.3. The highest BCUT2D eigenvalue weighted by atomic mass is 32.2. The third kappa shape index (κ3) is 3.13. The fourth-order valence-electron chi connectivity index (χ4n) is 2.18. The molecule has 0 amide bonds. The number of nitrogens with one attached hydrogen (secondary N) is 1. The van der Waals surface area contributed by atoms with Gasteiger partial charge in [0.2, 0.25) is 5.56 Å². The van der Waals surface area contributed by atoms with Crippen LogP contribution in [0.2, 0.25) is 0 Å². The Bertz CT molecular complexity index is 834. The third-order valence-electron chi connectivity index (χ3n) is 3.03. The molecule has 0 saturated heterocycles. The van der Waals surface area contributed by atoms with Crippen molar-refractivity contribution in [3.63, 3.8) is 0 Å². The average molecular weight is 310 g/mol. The van der Waals surface area contributed by atoms with Gasteiger partial charge in [0.05, 0.1) is 10.6 Å². The number of nitrogens with zero attached hydrogens (tertiary/aromatic N) is 1. The number of hydrogen-bond acceptors (Lipinski definition) is 3. The summed E-state index contributed by atoms with van der Waals surface area (Å²) in [5.74, 6) is -0.481. The summed E-state index contributed by atoms with van der Waals surface area (Å²) >= 11 is 0.